The number of nitrogen functional groups attached to an aromatic ring is 1. The van der Waals surface area contributed by atoms with Crippen LogP contribution in [0.3, 0.4) is 0 Å². The molecule has 7 aromatic rings. The summed E-state index contributed by atoms with van der Waals surface area (Å²) in [6, 6.07) is 26.1. The van der Waals surface area contributed by atoms with E-state index in [-0.39, 0.29) is 115 Å². The third-order valence-corrected chi connectivity index (χ3v) is 20.6. The predicted octanol–water partition coefficient (Wildman–Crippen LogP) is 8.65. The van der Waals surface area contributed by atoms with E-state index < -0.39 is 41.4 Å². The maximum absolute atomic E-state index is 14.3. The summed E-state index contributed by atoms with van der Waals surface area (Å²) >= 11 is 6.50. The van der Waals surface area contributed by atoms with E-state index in [0.29, 0.717) is 115 Å². The summed E-state index contributed by atoms with van der Waals surface area (Å²) in [4.78, 5) is 148. The molecule has 2 aromatic heterocycles. The number of nitrogens with zero attached hydrogens (tertiary/aromatic N) is 4. The van der Waals surface area contributed by atoms with Crippen LogP contribution < -0.4 is 58.6 Å². The van der Waals surface area contributed by atoms with Crippen molar-refractivity contribution in [3.05, 3.63) is 152 Å². The number of benzene rings is 5. The lowest BCUT2D eigenvalue weighted by Crippen LogP contribution is -2.45. The highest BCUT2D eigenvalue weighted by Crippen LogP contribution is 2.46. The van der Waals surface area contributed by atoms with E-state index in [1.807, 2.05) is 72.8 Å². The number of aromatic nitrogens is 4. The molecule has 25 nitrogen and oxygen atoms in total. The summed E-state index contributed by atoms with van der Waals surface area (Å²) in [7, 11) is 2.97. The highest BCUT2D eigenvalue weighted by molar-refractivity contribution is 8.76. The lowest BCUT2D eigenvalue weighted by Gasteiger charge is -2.23. The minimum absolute atomic E-state index is 0.0368. The highest BCUT2D eigenvalue weighted by Gasteiger charge is 2.40. The van der Waals surface area contributed by atoms with Gasteiger partial charge in [-0.2, -0.15) is 4.98 Å². The number of nitrogens with two attached hydrogens (primary N) is 2. The van der Waals surface area contributed by atoms with E-state index in [2.05, 4.69) is 51.8 Å². The third kappa shape index (κ3) is 19.5. The molecule has 528 valence electrons. The van der Waals surface area contributed by atoms with Gasteiger partial charge in [-0.3, -0.25) is 58.3 Å². The Morgan fingerprint density at radius 2 is 1.54 bits per heavy atom. The Morgan fingerprint density at radius 1 is 0.802 bits per heavy atom. The first-order valence-electron chi connectivity index (χ1n) is 33.6. The van der Waals surface area contributed by atoms with E-state index in [4.69, 9.17) is 33.2 Å². The normalized spacial score (nSPS) is 15.0. The quantitative estimate of drug-likeness (QED) is 0.00263. The summed E-state index contributed by atoms with van der Waals surface area (Å²) in [6.45, 7) is 5.55. The molecule has 28 heteroatoms. The number of nitrogens with one attached hydrogen (secondary N) is 8. The summed E-state index contributed by atoms with van der Waals surface area (Å²) < 4.78 is 5.61. The molecule has 2 unspecified atom stereocenters. The van der Waals surface area contributed by atoms with Crippen molar-refractivity contribution >= 4 is 149 Å². The molecule has 5 atom stereocenters. The number of esters is 1. The molecular formula is C73H81ClN14O11S2. The fourth-order valence-corrected chi connectivity index (χ4v) is 14.8. The van der Waals surface area contributed by atoms with Gasteiger partial charge in [-0.05, 0) is 108 Å². The largest absolute Gasteiger partial charge is 0.426 e. The molecule has 0 saturated heterocycles. The number of hydrogen-bond acceptors (Lipinski definition) is 19. The molecule has 5 amide bonds. The number of fused-ring (bicyclic) bond motifs is 6. The molecule has 3 aliphatic rings. The molecule has 2 aliphatic heterocycles. The molecule has 101 heavy (non-hydrogen) atoms. The number of aromatic amines is 1. The minimum Gasteiger partial charge on any atom is -0.426 e. The van der Waals surface area contributed by atoms with Crippen LogP contribution in [0, 0.1) is 17.2 Å². The lowest BCUT2D eigenvalue weighted by atomic mass is 9.95. The number of Topliss-reactive ketones (excluding diaryl/α,β-unsaturated/α-hetero) is 3. The average Bonchev–Trinajstić information content (AvgIpc) is 1.61. The number of hydrogen-bond donors (Lipinski definition) is 10. The molecule has 12 N–H and O–H groups in total. The fourth-order valence-electron chi connectivity index (χ4n) is 12.6. The van der Waals surface area contributed by atoms with Crippen LogP contribution in [0.2, 0.25) is 0 Å². The first-order chi connectivity index (χ1) is 48.6. The van der Waals surface area contributed by atoms with Gasteiger partial charge in [0.05, 0.1) is 23.6 Å². The first-order valence-corrected chi connectivity index (χ1v) is 36.6. The van der Waals surface area contributed by atoms with E-state index in [0.717, 1.165) is 44.3 Å². The van der Waals surface area contributed by atoms with Gasteiger partial charge in [0.1, 0.15) is 17.6 Å². The number of ether oxygens (including phenoxy) is 1. The number of alkyl halides is 1. The second kappa shape index (κ2) is 34.4. The van der Waals surface area contributed by atoms with Crippen molar-refractivity contribution in [3.8, 4) is 5.75 Å². The Balaban J connectivity index is 0.595. The van der Waals surface area contributed by atoms with Crippen molar-refractivity contribution in [1.29, 1.82) is 5.41 Å². The number of aryl methyl sites for hydroxylation is 2. The third-order valence-electron chi connectivity index (χ3n) is 17.8. The van der Waals surface area contributed by atoms with Crippen LogP contribution >= 0.6 is 33.2 Å². The summed E-state index contributed by atoms with van der Waals surface area (Å²) in [6.07, 6.45) is 7.19. The second-order valence-electron chi connectivity index (χ2n) is 25.5. The van der Waals surface area contributed by atoms with Crippen LogP contribution in [0.25, 0.3) is 28.0 Å². The molecule has 0 saturated carbocycles. The van der Waals surface area contributed by atoms with E-state index >= 15 is 0 Å². The maximum Gasteiger partial charge on any atom is 0.308 e. The number of guanidine groups is 1. The molecular weight excluding hydrogens is 1350 g/mol. The zero-order chi connectivity index (χ0) is 71.9. The zero-order valence-electron chi connectivity index (χ0n) is 56.3. The molecule has 0 radical (unpaired) electrons. The number of anilines is 5. The molecule has 10 rings (SSSR count). The number of ketones is 3. The van der Waals surface area contributed by atoms with Crippen LogP contribution in [-0.4, -0.2) is 128 Å². The molecule has 0 fully saturated rings. The Hall–Kier alpha value is -9.99. The van der Waals surface area contributed by atoms with Crippen molar-refractivity contribution in [2.45, 2.75) is 122 Å². The van der Waals surface area contributed by atoms with Gasteiger partial charge in [-0.15, -0.1) is 11.6 Å². The van der Waals surface area contributed by atoms with Gasteiger partial charge in [0.25, 0.3) is 11.5 Å². The number of amides is 5. The van der Waals surface area contributed by atoms with Gasteiger partial charge < -0.3 is 53.0 Å². The van der Waals surface area contributed by atoms with Crippen LogP contribution in [0.4, 0.5) is 28.7 Å². The maximum atomic E-state index is 14.3. The van der Waals surface area contributed by atoms with Gasteiger partial charge in [-0.1, -0.05) is 90.0 Å². The van der Waals surface area contributed by atoms with Crippen molar-refractivity contribution in [1.82, 2.24) is 35.9 Å². The van der Waals surface area contributed by atoms with Gasteiger partial charge in [-0.25, -0.2) is 9.97 Å². The molecule has 4 heterocycles. The lowest BCUT2D eigenvalue weighted by molar-refractivity contribution is -0.133. The van der Waals surface area contributed by atoms with Crippen molar-refractivity contribution in [3.63, 3.8) is 0 Å². The number of carbonyl (C=O) groups is 9. The van der Waals surface area contributed by atoms with Gasteiger partial charge >= 0.3 is 5.97 Å². The molecule has 0 bridgehead atoms. The van der Waals surface area contributed by atoms with Crippen LogP contribution in [0.5, 0.6) is 5.75 Å². The first kappa shape index (κ1) is 73.7. The Morgan fingerprint density at radius 3 is 2.32 bits per heavy atom. The SMILES string of the molecule is CC(=O)Oc1cc2c(c3ccccc13)C(CCl)CN2C(=O)C1Cc2cc(NC(=O)C3=Cc4cc(NC(=O)CCSSCCNC(=O)[C@H](C)CC(=O)[C@H](CCCNC(=N)N)NC(=O)[C@H](C)CC(=O)CCCCC(=O)c5ccc(CCc6cnc7nc(N)[nH]c(=O)c7n6)cc5)ccc4C3)ccc2N1. The van der Waals surface area contributed by atoms with Crippen LogP contribution in [0.15, 0.2) is 108 Å². The number of halogens is 1. The number of H-pyrrole nitrogens is 1. The zero-order valence-corrected chi connectivity index (χ0v) is 58.7. The number of carbonyl (C=O) groups excluding carboxylic acids is 9. The van der Waals surface area contributed by atoms with Crippen molar-refractivity contribution < 1.29 is 47.9 Å². The van der Waals surface area contributed by atoms with E-state index in [1.54, 1.807) is 49.2 Å². The van der Waals surface area contributed by atoms with Crippen molar-refractivity contribution in [2.24, 2.45) is 17.6 Å². The Bertz CT molecular complexity index is 4460. The number of unbranched alkanes of at least 4 members (excludes halogenated alkanes) is 1. The topological polar surface area (TPSA) is 386 Å². The highest BCUT2D eigenvalue weighted by atomic mass is 35.5. The van der Waals surface area contributed by atoms with Gasteiger partial charge in [0.15, 0.2) is 28.7 Å². The van der Waals surface area contributed by atoms with Crippen LogP contribution in [0.1, 0.15) is 128 Å². The predicted molar refractivity (Wildman–Crippen MR) is 394 cm³/mol. The van der Waals surface area contributed by atoms with E-state index in [9.17, 15) is 47.9 Å². The molecule has 1 aliphatic carbocycles. The van der Waals surface area contributed by atoms with Gasteiger partial charge in [0.2, 0.25) is 29.6 Å². The average molecular weight is 1430 g/mol. The van der Waals surface area contributed by atoms with Gasteiger partial charge in [0, 0.05) is 146 Å². The summed E-state index contributed by atoms with van der Waals surface area (Å²) in [5, 5.41) is 26.8. The standard InChI is InChI=1S/C73H81ClN14O11S2/c1-40(29-53(90)9-4-7-13-60(91)44-17-14-43(15-18-44)16-20-52-38-80-66-65(82-52)70(97)87-73(77)86-66)68(95)85-57(12-8-25-79-72(75)76)61(92)30-41(2)67(94)78-26-28-101-100-27-24-63(93)81-50-21-19-45-31-48(32-46(45)33-50)69(96)83-51-22-23-56-47(34-51)35-58(84-56)71(98)88-39-49(37-74)64-55-11-6-5-10-54(55)62(36-59(64)88)99-42(3)89/h5-6,10-11,14-15,17-19,21-23,32-34,36,38,40-41,49,57-58,84H,4,7-9,12-13,16,20,24-31,35,37,39H2,1-3H3,(H,78,94)(H,81,93)(H,83,96)(H,85,95)(H4,75,76,79)(H3,77,80,86,87,97)/t40-,41-,49?,57+,58?/m1/s1. The molecule has 0 spiro atoms. The van der Waals surface area contributed by atoms with E-state index in [1.165, 1.54) is 28.5 Å². The van der Waals surface area contributed by atoms with Crippen LogP contribution in [-0.2, 0) is 64.0 Å². The summed E-state index contributed by atoms with van der Waals surface area (Å²) in [5.74, 6) is -2.62. The van der Waals surface area contributed by atoms with Crippen molar-refractivity contribution in [2.75, 3.05) is 63.6 Å². The summed E-state index contributed by atoms with van der Waals surface area (Å²) in [5.41, 5.74) is 19.7. The Labute approximate surface area is 596 Å². The second-order valence-corrected chi connectivity index (χ2v) is 28.5. The molecule has 5 aromatic carbocycles. The fraction of sp³-hybridized carbons (Fsp3) is 0.370. The Kier molecular flexibility index (Phi) is 25.1. The number of rotatable bonds is 34. The monoisotopic (exact) mass is 1430 g/mol. The minimum atomic E-state index is -0.953. The smallest absolute Gasteiger partial charge is 0.308 e.